The first kappa shape index (κ1) is 15.9. The number of fused-ring (bicyclic) bond motifs is 1. The standard InChI is InChI=1S/C20H19NO3/c1-23-17-9-10-18(19(13-17)24-2)21-20(22)12-14-7-8-15-5-3-4-6-16(15)11-14/h3-11,13H,12H2,1-2H3,(H,21,22). The van der Waals surface area contributed by atoms with Gasteiger partial charge in [0.25, 0.3) is 0 Å². The number of hydrogen-bond donors (Lipinski definition) is 1. The van der Waals surface area contributed by atoms with Crippen LogP contribution in [0.1, 0.15) is 5.56 Å². The van der Waals surface area contributed by atoms with Gasteiger partial charge in [0.05, 0.1) is 26.3 Å². The van der Waals surface area contributed by atoms with Crippen molar-refractivity contribution in [3.8, 4) is 11.5 Å². The molecule has 4 heteroatoms. The molecule has 0 saturated heterocycles. The van der Waals surface area contributed by atoms with E-state index in [1.807, 2.05) is 36.4 Å². The Balaban J connectivity index is 1.75. The first-order chi connectivity index (χ1) is 11.7. The maximum atomic E-state index is 12.3. The highest BCUT2D eigenvalue weighted by Crippen LogP contribution is 2.29. The molecule has 24 heavy (non-hydrogen) atoms. The van der Waals surface area contributed by atoms with E-state index >= 15 is 0 Å². The predicted molar refractivity (Wildman–Crippen MR) is 95.8 cm³/mol. The molecule has 0 aliphatic carbocycles. The van der Waals surface area contributed by atoms with Crippen LogP contribution in [0.3, 0.4) is 0 Å². The van der Waals surface area contributed by atoms with E-state index in [0.29, 0.717) is 23.6 Å². The van der Waals surface area contributed by atoms with Crippen molar-refractivity contribution in [2.75, 3.05) is 19.5 Å². The zero-order chi connectivity index (χ0) is 16.9. The number of ether oxygens (including phenoxy) is 2. The van der Waals surface area contributed by atoms with Crippen LogP contribution in [0.2, 0.25) is 0 Å². The number of methoxy groups -OCH3 is 2. The average molecular weight is 321 g/mol. The SMILES string of the molecule is COc1ccc(NC(=O)Cc2ccc3ccccc3c2)c(OC)c1. The second kappa shape index (κ2) is 7.04. The molecular weight excluding hydrogens is 302 g/mol. The van der Waals surface area contributed by atoms with Gasteiger partial charge in [0, 0.05) is 6.07 Å². The zero-order valence-electron chi connectivity index (χ0n) is 13.7. The van der Waals surface area contributed by atoms with Crippen molar-refractivity contribution in [2.45, 2.75) is 6.42 Å². The van der Waals surface area contributed by atoms with Gasteiger partial charge in [0.2, 0.25) is 5.91 Å². The normalized spacial score (nSPS) is 10.4. The molecule has 0 fully saturated rings. The molecule has 3 aromatic rings. The monoisotopic (exact) mass is 321 g/mol. The highest BCUT2D eigenvalue weighted by molar-refractivity contribution is 5.94. The Bertz CT molecular complexity index is 874. The highest BCUT2D eigenvalue weighted by atomic mass is 16.5. The summed E-state index contributed by atoms with van der Waals surface area (Å²) < 4.78 is 10.5. The number of carbonyl (C=O) groups is 1. The molecule has 0 unspecified atom stereocenters. The lowest BCUT2D eigenvalue weighted by molar-refractivity contribution is -0.115. The second-order valence-corrected chi connectivity index (χ2v) is 5.47. The fraction of sp³-hybridized carbons (Fsp3) is 0.150. The van der Waals surface area contributed by atoms with Gasteiger partial charge < -0.3 is 14.8 Å². The van der Waals surface area contributed by atoms with Gasteiger partial charge in [-0.2, -0.15) is 0 Å². The molecule has 0 heterocycles. The number of rotatable bonds is 5. The van der Waals surface area contributed by atoms with Crippen molar-refractivity contribution in [3.63, 3.8) is 0 Å². The maximum Gasteiger partial charge on any atom is 0.228 e. The number of hydrogen-bond acceptors (Lipinski definition) is 3. The van der Waals surface area contributed by atoms with Crippen LogP contribution in [0.4, 0.5) is 5.69 Å². The minimum absolute atomic E-state index is 0.0891. The second-order valence-electron chi connectivity index (χ2n) is 5.47. The quantitative estimate of drug-likeness (QED) is 0.771. The molecule has 0 aliphatic heterocycles. The number of amides is 1. The van der Waals surface area contributed by atoms with Crippen LogP contribution in [-0.2, 0) is 11.2 Å². The smallest absolute Gasteiger partial charge is 0.228 e. The lowest BCUT2D eigenvalue weighted by Crippen LogP contribution is -2.15. The Morgan fingerprint density at radius 3 is 2.46 bits per heavy atom. The average Bonchev–Trinajstić information content (AvgIpc) is 2.62. The predicted octanol–water partition coefficient (Wildman–Crippen LogP) is 4.04. The van der Waals surface area contributed by atoms with Gasteiger partial charge in [-0.25, -0.2) is 0 Å². The van der Waals surface area contributed by atoms with E-state index in [1.54, 1.807) is 32.4 Å². The lowest BCUT2D eigenvalue weighted by atomic mass is 10.0. The van der Waals surface area contributed by atoms with E-state index in [9.17, 15) is 4.79 Å². The number of anilines is 1. The fourth-order valence-corrected chi connectivity index (χ4v) is 2.63. The molecular formula is C20H19NO3. The summed E-state index contributed by atoms with van der Waals surface area (Å²) in [5, 5.41) is 5.18. The summed E-state index contributed by atoms with van der Waals surface area (Å²) in [6.45, 7) is 0. The minimum Gasteiger partial charge on any atom is -0.497 e. The number of nitrogens with one attached hydrogen (secondary N) is 1. The summed E-state index contributed by atoms with van der Waals surface area (Å²) in [5.74, 6) is 1.16. The summed E-state index contributed by atoms with van der Waals surface area (Å²) >= 11 is 0. The van der Waals surface area contributed by atoms with Crippen LogP contribution >= 0.6 is 0 Å². The molecule has 0 aromatic heterocycles. The fourth-order valence-electron chi connectivity index (χ4n) is 2.63. The van der Waals surface area contributed by atoms with Crippen molar-refractivity contribution in [1.29, 1.82) is 0 Å². The van der Waals surface area contributed by atoms with Crippen molar-refractivity contribution < 1.29 is 14.3 Å². The van der Waals surface area contributed by atoms with Gasteiger partial charge >= 0.3 is 0 Å². The van der Waals surface area contributed by atoms with E-state index in [1.165, 1.54) is 5.39 Å². The van der Waals surface area contributed by atoms with Crippen molar-refractivity contribution in [3.05, 3.63) is 66.2 Å². The van der Waals surface area contributed by atoms with Crippen LogP contribution in [0.15, 0.2) is 60.7 Å². The third-order valence-corrected chi connectivity index (χ3v) is 3.86. The Labute approximate surface area is 141 Å². The van der Waals surface area contributed by atoms with Crippen LogP contribution in [-0.4, -0.2) is 20.1 Å². The molecule has 0 spiro atoms. The van der Waals surface area contributed by atoms with Gasteiger partial charge in [-0.15, -0.1) is 0 Å². The molecule has 0 bridgehead atoms. The van der Waals surface area contributed by atoms with Crippen molar-refractivity contribution in [1.82, 2.24) is 0 Å². The molecule has 1 N–H and O–H groups in total. The van der Waals surface area contributed by atoms with E-state index in [4.69, 9.17) is 9.47 Å². The number of carbonyl (C=O) groups excluding carboxylic acids is 1. The summed E-state index contributed by atoms with van der Waals surface area (Å²) in [6.07, 6.45) is 0.306. The Morgan fingerprint density at radius 1 is 0.917 bits per heavy atom. The minimum atomic E-state index is -0.0891. The largest absolute Gasteiger partial charge is 0.497 e. The topological polar surface area (TPSA) is 47.6 Å². The molecule has 1 amide bonds. The van der Waals surface area contributed by atoms with E-state index in [2.05, 4.69) is 11.4 Å². The van der Waals surface area contributed by atoms with Crippen molar-refractivity contribution in [2.24, 2.45) is 0 Å². The van der Waals surface area contributed by atoms with Crippen LogP contribution < -0.4 is 14.8 Å². The first-order valence-corrected chi connectivity index (χ1v) is 7.69. The van der Waals surface area contributed by atoms with Gasteiger partial charge in [0.15, 0.2) is 0 Å². The van der Waals surface area contributed by atoms with E-state index in [-0.39, 0.29) is 5.91 Å². The molecule has 0 saturated carbocycles. The third-order valence-electron chi connectivity index (χ3n) is 3.86. The molecule has 3 rings (SSSR count). The summed E-state index contributed by atoms with van der Waals surface area (Å²) in [6, 6.07) is 19.5. The van der Waals surface area contributed by atoms with Crippen LogP contribution in [0.25, 0.3) is 10.8 Å². The molecule has 4 nitrogen and oxygen atoms in total. The Kier molecular flexibility index (Phi) is 4.66. The van der Waals surface area contributed by atoms with E-state index < -0.39 is 0 Å². The summed E-state index contributed by atoms with van der Waals surface area (Å²) in [7, 11) is 3.15. The highest BCUT2D eigenvalue weighted by Gasteiger charge is 2.10. The molecule has 0 radical (unpaired) electrons. The maximum absolute atomic E-state index is 12.3. The lowest BCUT2D eigenvalue weighted by Gasteiger charge is -2.12. The van der Waals surface area contributed by atoms with Crippen LogP contribution in [0.5, 0.6) is 11.5 Å². The van der Waals surface area contributed by atoms with Gasteiger partial charge in [-0.05, 0) is 28.5 Å². The Morgan fingerprint density at radius 2 is 1.71 bits per heavy atom. The van der Waals surface area contributed by atoms with Gasteiger partial charge in [0.1, 0.15) is 11.5 Å². The molecule has 3 aromatic carbocycles. The van der Waals surface area contributed by atoms with Crippen LogP contribution in [0, 0.1) is 0 Å². The summed E-state index contributed by atoms with van der Waals surface area (Å²) in [4.78, 5) is 12.3. The number of benzene rings is 3. The molecule has 0 atom stereocenters. The first-order valence-electron chi connectivity index (χ1n) is 7.69. The van der Waals surface area contributed by atoms with E-state index in [0.717, 1.165) is 10.9 Å². The van der Waals surface area contributed by atoms with Crippen molar-refractivity contribution >= 4 is 22.4 Å². The summed E-state index contributed by atoms with van der Waals surface area (Å²) in [5.41, 5.74) is 1.60. The molecule has 122 valence electrons. The van der Waals surface area contributed by atoms with Gasteiger partial charge in [-0.1, -0.05) is 42.5 Å². The third kappa shape index (κ3) is 3.49. The molecule has 0 aliphatic rings. The zero-order valence-corrected chi connectivity index (χ0v) is 13.7. The Hall–Kier alpha value is -3.01. The van der Waals surface area contributed by atoms with Gasteiger partial charge in [-0.3, -0.25) is 4.79 Å².